The van der Waals surface area contributed by atoms with Crippen LogP contribution in [0.1, 0.15) is 59.3 Å². The first-order valence-corrected chi connectivity index (χ1v) is 12.2. The molecule has 0 bridgehead atoms. The summed E-state index contributed by atoms with van der Waals surface area (Å²) in [5.74, 6) is 0.121. The quantitative estimate of drug-likeness (QED) is 0.569. The number of carbonyl (C=O) groups excluding carboxylic acids is 2. The third-order valence-corrected chi connectivity index (χ3v) is 7.59. The van der Waals surface area contributed by atoms with E-state index in [0.29, 0.717) is 6.54 Å². The fourth-order valence-corrected chi connectivity index (χ4v) is 5.97. The molecule has 4 heterocycles. The third kappa shape index (κ3) is 4.07. The van der Waals surface area contributed by atoms with Gasteiger partial charge in [0.15, 0.2) is 0 Å². The zero-order valence-electron chi connectivity index (χ0n) is 18.0. The van der Waals surface area contributed by atoms with E-state index in [-0.39, 0.29) is 36.7 Å². The lowest BCUT2D eigenvalue weighted by atomic mass is 9.93. The number of thiophene rings is 1. The molecule has 2 atom stereocenters. The highest BCUT2D eigenvalue weighted by molar-refractivity contribution is 7.10. The normalized spacial score (nSPS) is 20.2. The van der Waals surface area contributed by atoms with Crippen molar-refractivity contribution in [3.8, 4) is 0 Å². The summed E-state index contributed by atoms with van der Waals surface area (Å²) in [4.78, 5) is 35.9. The molecular formula is C26H27N3O2S. The van der Waals surface area contributed by atoms with Gasteiger partial charge in [0.1, 0.15) is 0 Å². The molecule has 1 aromatic carbocycles. The molecule has 2 amide bonds. The standard InChI is InChI=1S/C26H27N3O2S/c30-24(28-15-5-9-22(28)20-8-4-14-27-18-20)10-11-25(31)29-16-12-23-21(13-17-32-23)26(29)19-6-2-1-3-7-19/h1-4,6-8,13-14,17-18,22,26H,5,9-12,15-16H2. The number of pyridine rings is 1. The second-order valence-corrected chi connectivity index (χ2v) is 9.48. The van der Waals surface area contributed by atoms with E-state index in [9.17, 15) is 9.59 Å². The van der Waals surface area contributed by atoms with Gasteiger partial charge < -0.3 is 9.80 Å². The van der Waals surface area contributed by atoms with Crippen molar-refractivity contribution >= 4 is 23.2 Å². The van der Waals surface area contributed by atoms with E-state index in [2.05, 4.69) is 28.6 Å². The van der Waals surface area contributed by atoms with Crippen LogP contribution in [0.25, 0.3) is 0 Å². The summed E-state index contributed by atoms with van der Waals surface area (Å²) in [5.41, 5.74) is 3.43. The van der Waals surface area contributed by atoms with Gasteiger partial charge in [0, 0.05) is 43.2 Å². The second-order valence-electron chi connectivity index (χ2n) is 8.48. The van der Waals surface area contributed by atoms with Crippen LogP contribution < -0.4 is 0 Å². The van der Waals surface area contributed by atoms with E-state index < -0.39 is 0 Å². The minimum atomic E-state index is -0.0660. The van der Waals surface area contributed by atoms with Gasteiger partial charge in [0.25, 0.3) is 0 Å². The molecule has 0 spiro atoms. The molecule has 5 nitrogen and oxygen atoms in total. The molecule has 0 N–H and O–H groups in total. The van der Waals surface area contributed by atoms with Crippen LogP contribution in [-0.4, -0.2) is 39.7 Å². The first kappa shape index (κ1) is 20.9. The first-order valence-electron chi connectivity index (χ1n) is 11.3. The van der Waals surface area contributed by atoms with Crippen molar-refractivity contribution in [3.63, 3.8) is 0 Å². The predicted octanol–water partition coefficient (Wildman–Crippen LogP) is 4.76. The van der Waals surface area contributed by atoms with E-state index in [1.54, 1.807) is 17.5 Å². The van der Waals surface area contributed by atoms with Gasteiger partial charge in [-0.1, -0.05) is 36.4 Å². The molecule has 2 unspecified atom stereocenters. The molecule has 0 saturated carbocycles. The smallest absolute Gasteiger partial charge is 0.223 e. The molecule has 2 aliphatic rings. The number of benzene rings is 1. The molecule has 1 saturated heterocycles. The number of aromatic nitrogens is 1. The van der Waals surface area contributed by atoms with Crippen LogP contribution in [0.3, 0.4) is 0 Å². The Balaban J connectivity index is 1.29. The average molecular weight is 446 g/mol. The van der Waals surface area contributed by atoms with Gasteiger partial charge in [-0.15, -0.1) is 11.3 Å². The Morgan fingerprint density at radius 2 is 1.72 bits per heavy atom. The third-order valence-electron chi connectivity index (χ3n) is 6.60. The van der Waals surface area contributed by atoms with Crippen molar-refractivity contribution in [2.75, 3.05) is 13.1 Å². The molecular weight excluding hydrogens is 418 g/mol. The number of likely N-dealkylation sites (tertiary alicyclic amines) is 1. The molecule has 5 rings (SSSR count). The van der Waals surface area contributed by atoms with Gasteiger partial charge in [-0.3, -0.25) is 14.6 Å². The number of hydrogen-bond donors (Lipinski definition) is 0. The average Bonchev–Trinajstić information content (AvgIpc) is 3.52. The summed E-state index contributed by atoms with van der Waals surface area (Å²) in [6.07, 6.45) is 6.92. The zero-order chi connectivity index (χ0) is 21.9. The summed E-state index contributed by atoms with van der Waals surface area (Å²) in [6.45, 7) is 1.45. The van der Waals surface area contributed by atoms with E-state index in [0.717, 1.165) is 36.9 Å². The predicted molar refractivity (Wildman–Crippen MR) is 125 cm³/mol. The van der Waals surface area contributed by atoms with E-state index in [4.69, 9.17) is 0 Å². The van der Waals surface area contributed by atoms with Crippen LogP contribution in [0.2, 0.25) is 0 Å². The van der Waals surface area contributed by atoms with E-state index >= 15 is 0 Å². The van der Waals surface area contributed by atoms with Crippen molar-refractivity contribution in [1.82, 2.24) is 14.8 Å². The molecule has 2 aliphatic heterocycles. The summed E-state index contributed by atoms with van der Waals surface area (Å²) in [5, 5.41) is 2.12. The second kappa shape index (κ2) is 9.25. The Kier molecular flexibility index (Phi) is 6.04. The lowest BCUT2D eigenvalue weighted by Crippen LogP contribution is -2.40. The number of nitrogens with zero attached hydrogens (tertiary/aromatic N) is 3. The number of fused-ring (bicyclic) bond motifs is 1. The van der Waals surface area contributed by atoms with Crippen LogP contribution in [-0.2, 0) is 16.0 Å². The monoisotopic (exact) mass is 445 g/mol. The maximum atomic E-state index is 13.3. The summed E-state index contributed by atoms with van der Waals surface area (Å²) >= 11 is 1.77. The van der Waals surface area contributed by atoms with Gasteiger partial charge in [0.05, 0.1) is 12.1 Å². The van der Waals surface area contributed by atoms with Crippen LogP contribution >= 0.6 is 11.3 Å². The highest BCUT2D eigenvalue weighted by Gasteiger charge is 2.34. The summed E-state index contributed by atoms with van der Waals surface area (Å²) in [6, 6.07) is 16.3. The van der Waals surface area contributed by atoms with Crippen LogP contribution in [0, 0.1) is 0 Å². The van der Waals surface area contributed by atoms with Crippen molar-refractivity contribution in [3.05, 3.63) is 87.9 Å². The highest BCUT2D eigenvalue weighted by atomic mass is 32.1. The number of hydrogen-bond acceptors (Lipinski definition) is 4. The minimum absolute atomic E-state index is 0.0566. The molecule has 32 heavy (non-hydrogen) atoms. The van der Waals surface area contributed by atoms with Crippen LogP contribution in [0.5, 0.6) is 0 Å². The Bertz CT molecular complexity index is 1080. The van der Waals surface area contributed by atoms with Crippen LogP contribution in [0.15, 0.2) is 66.3 Å². The van der Waals surface area contributed by atoms with Gasteiger partial charge in [-0.25, -0.2) is 0 Å². The molecule has 6 heteroatoms. The Morgan fingerprint density at radius 1 is 0.938 bits per heavy atom. The zero-order valence-corrected chi connectivity index (χ0v) is 18.8. The lowest BCUT2D eigenvalue weighted by Gasteiger charge is -2.36. The molecule has 1 fully saturated rings. The molecule has 3 aromatic rings. The van der Waals surface area contributed by atoms with Crippen molar-refractivity contribution in [2.45, 2.75) is 44.2 Å². The number of rotatable bonds is 5. The maximum Gasteiger partial charge on any atom is 0.223 e. The van der Waals surface area contributed by atoms with Crippen molar-refractivity contribution in [1.29, 1.82) is 0 Å². The van der Waals surface area contributed by atoms with Gasteiger partial charge in [0.2, 0.25) is 11.8 Å². The molecule has 0 radical (unpaired) electrons. The van der Waals surface area contributed by atoms with Gasteiger partial charge in [-0.2, -0.15) is 0 Å². The van der Waals surface area contributed by atoms with Crippen LogP contribution in [0.4, 0.5) is 0 Å². The largest absolute Gasteiger partial charge is 0.336 e. The lowest BCUT2D eigenvalue weighted by molar-refractivity contribution is -0.138. The van der Waals surface area contributed by atoms with Gasteiger partial charge in [-0.05, 0) is 53.5 Å². The molecule has 2 aromatic heterocycles. The Morgan fingerprint density at radius 3 is 2.50 bits per heavy atom. The molecule has 0 aliphatic carbocycles. The first-order chi connectivity index (χ1) is 15.7. The van der Waals surface area contributed by atoms with E-state index in [1.807, 2.05) is 46.3 Å². The topological polar surface area (TPSA) is 53.5 Å². The summed E-state index contributed by atoms with van der Waals surface area (Å²) < 4.78 is 0. The fraction of sp³-hybridized carbons (Fsp3) is 0.346. The van der Waals surface area contributed by atoms with Crippen molar-refractivity contribution < 1.29 is 9.59 Å². The number of amides is 2. The minimum Gasteiger partial charge on any atom is -0.336 e. The fourth-order valence-electron chi connectivity index (χ4n) is 5.07. The summed E-state index contributed by atoms with van der Waals surface area (Å²) in [7, 11) is 0. The van der Waals surface area contributed by atoms with E-state index in [1.165, 1.54) is 10.4 Å². The Labute approximate surface area is 192 Å². The van der Waals surface area contributed by atoms with Crippen molar-refractivity contribution in [2.24, 2.45) is 0 Å². The van der Waals surface area contributed by atoms with Gasteiger partial charge >= 0.3 is 0 Å². The highest BCUT2D eigenvalue weighted by Crippen LogP contribution is 2.38. The SMILES string of the molecule is O=C(CCC(=O)N1CCc2sccc2C1c1ccccc1)N1CCCC1c1cccnc1. The number of carbonyl (C=O) groups is 2. The molecule has 164 valence electrons. The maximum absolute atomic E-state index is 13.3. The Hall–Kier alpha value is -2.99.